The van der Waals surface area contributed by atoms with Gasteiger partial charge in [0.2, 0.25) is 5.95 Å². The first-order valence-electron chi connectivity index (χ1n) is 11.3. The van der Waals surface area contributed by atoms with Gasteiger partial charge in [-0.2, -0.15) is 15.9 Å². The number of hydrogen-bond donors (Lipinski definition) is 2. The third-order valence-electron chi connectivity index (χ3n) is 5.72. The number of rotatable bonds is 8. The molecule has 1 N–H and O–H groups in total. The maximum absolute atomic E-state index is 5.78. The summed E-state index contributed by atoms with van der Waals surface area (Å²) in [5.41, 5.74) is 2.63. The molecular formula is C24H31ClN6O2S. The fraction of sp³-hybridized carbons (Fsp3) is 0.375. The van der Waals surface area contributed by atoms with Crippen molar-refractivity contribution in [3.8, 4) is 5.75 Å². The van der Waals surface area contributed by atoms with Crippen LogP contribution in [0.4, 0.5) is 11.6 Å². The maximum atomic E-state index is 5.78. The molecule has 0 amide bonds. The SMILES string of the molecule is CN(C)CCOc1ccc(Nc2ncc3nc([SH]4C=CC=C4)n(C4CCOCC4)c3n2)cc1.Cl. The van der Waals surface area contributed by atoms with Gasteiger partial charge in [-0.25, -0.2) is 9.97 Å². The lowest BCUT2D eigenvalue weighted by Gasteiger charge is -2.26. The number of allylic oxidation sites excluding steroid dienone is 2. The van der Waals surface area contributed by atoms with Crippen molar-refractivity contribution in [2.24, 2.45) is 0 Å². The molecule has 2 aliphatic rings. The highest BCUT2D eigenvalue weighted by atomic mass is 35.5. The van der Waals surface area contributed by atoms with E-state index < -0.39 is 10.9 Å². The van der Waals surface area contributed by atoms with Gasteiger partial charge in [-0.15, -0.1) is 12.4 Å². The lowest BCUT2D eigenvalue weighted by molar-refractivity contribution is 0.0683. The summed E-state index contributed by atoms with van der Waals surface area (Å²) in [6.45, 7) is 3.08. The second-order valence-corrected chi connectivity index (χ2v) is 10.2. The van der Waals surface area contributed by atoms with Crippen LogP contribution in [0.5, 0.6) is 5.75 Å². The second kappa shape index (κ2) is 11.2. The Balaban J connectivity index is 0.00000274. The van der Waals surface area contributed by atoms with Crippen LogP contribution in [-0.4, -0.2) is 64.9 Å². The minimum atomic E-state index is -0.559. The fourth-order valence-electron chi connectivity index (χ4n) is 3.98. The molecule has 1 aromatic carbocycles. The molecule has 0 atom stereocenters. The highest BCUT2D eigenvalue weighted by molar-refractivity contribution is 8.22. The van der Waals surface area contributed by atoms with Crippen LogP contribution in [0, 0.1) is 0 Å². The van der Waals surface area contributed by atoms with Gasteiger partial charge in [0.1, 0.15) is 17.9 Å². The normalized spacial score (nSPS) is 16.9. The highest BCUT2D eigenvalue weighted by Gasteiger charge is 2.25. The van der Waals surface area contributed by atoms with Gasteiger partial charge < -0.3 is 24.3 Å². The first-order valence-corrected chi connectivity index (χ1v) is 12.8. The number of anilines is 2. The molecule has 0 aliphatic carbocycles. The molecule has 0 radical (unpaired) electrons. The van der Waals surface area contributed by atoms with Gasteiger partial charge >= 0.3 is 0 Å². The van der Waals surface area contributed by atoms with Crippen LogP contribution in [0.15, 0.2) is 58.6 Å². The van der Waals surface area contributed by atoms with E-state index in [1.807, 2.05) is 44.6 Å². The average molecular weight is 503 g/mol. The first-order chi connectivity index (χ1) is 16.2. The van der Waals surface area contributed by atoms with Crippen LogP contribution in [0.3, 0.4) is 0 Å². The number of ether oxygens (including phenoxy) is 2. The Bertz CT molecular complexity index is 1150. The third kappa shape index (κ3) is 5.55. The zero-order valence-corrected chi connectivity index (χ0v) is 21.1. The van der Waals surface area contributed by atoms with Crippen molar-refractivity contribution < 1.29 is 9.47 Å². The molecule has 5 rings (SSSR count). The molecule has 0 spiro atoms. The Labute approximate surface area is 208 Å². The van der Waals surface area contributed by atoms with Crippen molar-refractivity contribution in [3.63, 3.8) is 0 Å². The molecule has 4 heterocycles. The van der Waals surface area contributed by atoms with Crippen LogP contribution in [0.25, 0.3) is 11.2 Å². The molecule has 0 unspecified atom stereocenters. The fourth-order valence-corrected chi connectivity index (χ4v) is 5.64. The first kappa shape index (κ1) is 24.5. The monoisotopic (exact) mass is 502 g/mol. The predicted molar refractivity (Wildman–Crippen MR) is 141 cm³/mol. The highest BCUT2D eigenvalue weighted by Crippen LogP contribution is 2.44. The predicted octanol–water partition coefficient (Wildman–Crippen LogP) is 4.68. The number of thiol groups is 1. The smallest absolute Gasteiger partial charge is 0.229 e. The van der Waals surface area contributed by atoms with E-state index in [1.54, 1.807) is 0 Å². The Morgan fingerprint density at radius 1 is 1.12 bits per heavy atom. The molecule has 8 nitrogen and oxygen atoms in total. The lowest BCUT2D eigenvalue weighted by Crippen LogP contribution is -2.20. The number of fused-ring (bicyclic) bond motifs is 1. The molecule has 1 saturated heterocycles. The van der Waals surface area contributed by atoms with E-state index >= 15 is 0 Å². The number of halogens is 1. The molecule has 10 heteroatoms. The average Bonchev–Trinajstić information content (AvgIpc) is 3.48. The van der Waals surface area contributed by atoms with E-state index in [-0.39, 0.29) is 12.4 Å². The molecule has 0 saturated carbocycles. The van der Waals surface area contributed by atoms with Gasteiger partial charge in [-0.3, -0.25) is 0 Å². The molecule has 34 heavy (non-hydrogen) atoms. The van der Waals surface area contributed by atoms with Crippen LogP contribution < -0.4 is 10.1 Å². The van der Waals surface area contributed by atoms with E-state index in [0.29, 0.717) is 18.6 Å². The quantitative estimate of drug-likeness (QED) is 0.433. The molecule has 2 aromatic heterocycles. The minimum Gasteiger partial charge on any atom is -0.492 e. The molecule has 2 aliphatic heterocycles. The third-order valence-corrected chi connectivity index (χ3v) is 7.49. The molecular weight excluding hydrogens is 472 g/mol. The van der Waals surface area contributed by atoms with E-state index in [4.69, 9.17) is 19.4 Å². The van der Waals surface area contributed by atoms with Crippen molar-refractivity contribution in [1.29, 1.82) is 0 Å². The van der Waals surface area contributed by atoms with Gasteiger partial charge in [0.15, 0.2) is 10.8 Å². The van der Waals surface area contributed by atoms with Gasteiger partial charge in [-0.05, 0) is 62.0 Å². The zero-order chi connectivity index (χ0) is 22.6. The van der Waals surface area contributed by atoms with Crippen molar-refractivity contribution >= 4 is 46.1 Å². The zero-order valence-electron chi connectivity index (χ0n) is 19.4. The number of benzene rings is 1. The topological polar surface area (TPSA) is 77.3 Å². The molecule has 3 aromatic rings. The largest absolute Gasteiger partial charge is 0.492 e. The maximum Gasteiger partial charge on any atom is 0.229 e. The number of aromatic nitrogens is 4. The summed E-state index contributed by atoms with van der Waals surface area (Å²) < 4.78 is 13.7. The Hall–Kier alpha value is -2.59. The summed E-state index contributed by atoms with van der Waals surface area (Å²) >= 11 is 0. The van der Waals surface area contributed by atoms with Crippen LogP contribution in [0.2, 0.25) is 0 Å². The van der Waals surface area contributed by atoms with E-state index in [1.165, 1.54) is 0 Å². The van der Waals surface area contributed by atoms with Crippen LogP contribution in [-0.2, 0) is 4.74 Å². The lowest BCUT2D eigenvalue weighted by atomic mass is 10.1. The van der Waals surface area contributed by atoms with Crippen LogP contribution in [0.1, 0.15) is 18.9 Å². The van der Waals surface area contributed by atoms with Gasteiger partial charge in [0.05, 0.1) is 6.20 Å². The number of likely N-dealkylation sites (N-methyl/N-ethyl adjacent to an activating group) is 1. The molecule has 0 bridgehead atoms. The number of imidazole rings is 1. The Morgan fingerprint density at radius 2 is 1.85 bits per heavy atom. The summed E-state index contributed by atoms with van der Waals surface area (Å²) in [7, 11) is 3.51. The van der Waals surface area contributed by atoms with Crippen molar-refractivity contribution in [3.05, 3.63) is 53.4 Å². The number of nitrogens with zero attached hydrogens (tertiary/aromatic N) is 5. The molecule has 182 valence electrons. The number of hydrogen-bond acceptors (Lipinski definition) is 7. The number of nitrogens with one attached hydrogen (secondary N) is 1. The van der Waals surface area contributed by atoms with Crippen LogP contribution >= 0.6 is 23.3 Å². The van der Waals surface area contributed by atoms with Crippen molar-refractivity contribution in [1.82, 2.24) is 24.4 Å². The van der Waals surface area contributed by atoms with Gasteiger partial charge in [0, 0.05) is 31.5 Å². The van der Waals surface area contributed by atoms with E-state index in [9.17, 15) is 0 Å². The van der Waals surface area contributed by atoms with E-state index in [0.717, 1.165) is 60.4 Å². The Kier molecular flexibility index (Phi) is 8.10. The van der Waals surface area contributed by atoms with Crippen molar-refractivity contribution in [2.75, 3.05) is 45.8 Å². The van der Waals surface area contributed by atoms with E-state index in [2.05, 4.69) is 42.7 Å². The van der Waals surface area contributed by atoms with Gasteiger partial charge in [0.25, 0.3) is 0 Å². The van der Waals surface area contributed by atoms with Crippen molar-refractivity contribution in [2.45, 2.75) is 24.0 Å². The Morgan fingerprint density at radius 3 is 2.56 bits per heavy atom. The second-order valence-electron chi connectivity index (χ2n) is 8.42. The summed E-state index contributed by atoms with van der Waals surface area (Å²) in [6, 6.07) is 8.23. The standard InChI is InChI=1S/C24H30N6O2S.ClH/c1-29(2)11-14-32-20-7-5-18(6-8-20)26-23-25-17-21-22(28-23)30(19-9-12-31-13-10-19)24(27-21)33-15-3-4-16-33;/h3-8,15-17,19,33H,9-14H2,1-2H3,(H,25,26,28);1H. The van der Waals surface area contributed by atoms with Gasteiger partial charge in [-0.1, -0.05) is 12.2 Å². The summed E-state index contributed by atoms with van der Waals surface area (Å²) in [5, 5.41) is 8.89. The summed E-state index contributed by atoms with van der Waals surface area (Å²) in [5.74, 6) is 1.41. The summed E-state index contributed by atoms with van der Waals surface area (Å²) in [6.07, 6.45) is 7.97. The minimum absolute atomic E-state index is 0. The molecule has 1 fully saturated rings. The summed E-state index contributed by atoms with van der Waals surface area (Å²) in [4.78, 5) is 16.5.